The highest BCUT2D eigenvalue weighted by Crippen LogP contribution is 2.08. The topological polar surface area (TPSA) is 76.4 Å². The fraction of sp³-hybridized carbons (Fsp3) is 0.833. The van der Waals surface area contributed by atoms with Gasteiger partial charge >= 0.3 is 0 Å². The molecule has 1 fully saturated rings. The summed E-state index contributed by atoms with van der Waals surface area (Å²) in [5, 5.41) is 2.90. The minimum Gasteiger partial charge on any atom is -0.370 e. The summed E-state index contributed by atoms with van der Waals surface area (Å²) in [5.74, 6) is 0.0332. The normalized spacial score (nSPS) is 31.4. The molecule has 2 atom stereocenters. The largest absolute Gasteiger partial charge is 0.370 e. The van der Waals surface area contributed by atoms with Crippen molar-refractivity contribution in [3.05, 3.63) is 0 Å². The lowest BCUT2D eigenvalue weighted by Crippen LogP contribution is -2.41. The smallest absolute Gasteiger partial charge is 0.186 e. The van der Waals surface area contributed by atoms with Gasteiger partial charge in [-0.25, -0.2) is 9.38 Å². The predicted octanol–water partition coefficient (Wildman–Crippen LogP) is -1.04. The first-order valence-corrected chi connectivity index (χ1v) is 3.62. The second-order valence-corrected chi connectivity index (χ2v) is 2.70. The fourth-order valence-corrected chi connectivity index (χ4v) is 1.18. The highest BCUT2D eigenvalue weighted by Gasteiger charge is 2.20. The maximum absolute atomic E-state index is 12.7. The van der Waals surface area contributed by atoms with Crippen LogP contribution in [0.3, 0.4) is 0 Å². The molecular formula is C6H13FN4. The van der Waals surface area contributed by atoms with Crippen molar-refractivity contribution in [1.29, 1.82) is 0 Å². The Morgan fingerprint density at radius 2 is 2.18 bits per heavy atom. The Bertz CT molecular complexity index is 155. The van der Waals surface area contributed by atoms with E-state index in [1.54, 1.807) is 0 Å². The summed E-state index contributed by atoms with van der Waals surface area (Å²) in [6.07, 6.45) is -0.401. The molecule has 0 aromatic rings. The van der Waals surface area contributed by atoms with E-state index in [0.29, 0.717) is 19.5 Å². The van der Waals surface area contributed by atoms with Gasteiger partial charge in [0.1, 0.15) is 6.17 Å². The van der Waals surface area contributed by atoms with Crippen LogP contribution in [0, 0.1) is 0 Å². The molecule has 0 bridgehead atoms. The predicted molar refractivity (Wildman–Crippen MR) is 42.0 cm³/mol. The summed E-state index contributed by atoms with van der Waals surface area (Å²) in [6.45, 7) is 1.08. The van der Waals surface area contributed by atoms with E-state index in [1.807, 2.05) is 0 Å². The van der Waals surface area contributed by atoms with Crippen LogP contribution in [0.5, 0.6) is 0 Å². The highest BCUT2D eigenvalue weighted by molar-refractivity contribution is 5.75. The number of rotatable bonds is 1. The Morgan fingerprint density at radius 3 is 2.73 bits per heavy atom. The Labute approximate surface area is 64.8 Å². The van der Waals surface area contributed by atoms with Gasteiger partial charge in [-0.1, -0.05) is 0 Å². The average molecular weight is 160 g/mol. The van der Waals surface area contributed by atoms with Crippen LogP contribution in [-0.2, 0) is 0 Å². The Hall–Kier alpha value is -0.840. The number of piperidine rings is 1. The van der Waals surface area contributed by atoms with Crippen molar-refractivity contribution < 1.29 is 4.39 Å². The number of nitrogens with one attached hydrogen (secondary N) is 1. The van der Waals surface area contributed by atoms with Gasteiger partial charge < -0.3 is 16.8 Å². The van der Waals surface area contributed by atoms with Crippen LogP contribution in [0.1, 0.15) is 6.42 Å². The summed E-state index contributed by atoms with van der Waals surface area (Å²) < 4.78 is 12.7. The number of guanidine groups is 1. The summed E-state index contributed by atoms with van der Waals surface area (Å²) in [6, 6.07) is -0.0938. The molecule has 1 aliphatic heterocycles. The maximum Gasteiger partial charge on any atom is 0.186 e. The molecule has 11 heavy (non-hydrogen) atoms. The number of hydrogen-bond donors (Lipinski definition) is 3. The lowest BCUT2D eigenvalue weighted by Gasteiger charge is -2.22. The van der Waals surface area contributed by atoms with Gasteiger partial charge in [-0.3, -0.25) is 0 Å². The van der Waals surface area contributed by atoms with Crippen LogP contribution in [0.25, 0.3) is 0 Å². The van der Waals surface area contributed by atoms with Gasteiger partial charge in [0, 0.05) is 19.5 Å². The zero-order chi connectivity index (χ0) is 8.27. The van der Waals surface area contributed by atoms with Crippen molar-refractivity contribution in [3.63, 3.8) is 0 Å². The average Bonchev–Trinajstić information content (AvgIpc) is 1.85. The third kappa shape index (κ3) is 2.71. The number of nitrogens with zero attached hydrogens (tertiary/aromatic N) is 1. The van der Waals surface area contributed by atoms with Crippen molar-refractivity contribution in [1.82, 2.24) is 5.32 Å². The SMILES string of the molecule is NC(N)=NC1CNCC(F)C1. The van der Waals surface area contributed by atoms with Gasteiger partial charge in [0.2, 0.25) is 0 Å². The summed E-state index contributed by atoms with van der Waals surface area (Å²) in [5.41, 5.74) is 10.3. The molecule has 1 saturated heterocycles. The monoisotopic (exact) mass is 160 g/mol. The molecule has 0 aliphatic carbocycles. The number of aliphatic imine (C=N–C) groups is 1. The molecule has 0 saturated carbocycles. The molecule has 1 heterocycles. The van der Waals surface area contributed by atoms with Gasteiger partial charge in [0.15, 0.2) is 5.96 Å². The van der Waals surface area contributed by atoms with Gasteiger partial charge in [0.25, 0.3) is 0 Å². The minimum atomic E-state index is -0.822. The molecule has 2 unspecified atom stereocenters. The van der Waals surface area contributed by atoms with Gasteiger partial charge in [-0.15, -0.1) is 0 Å². The molecule has 0 amide bonds. The quantitative estimate of drug-likeness (QED) is 0.339. The summed E-state index contributed by atoms with van der Waals surface area (Å²) in [4.78, 5) is 3.86. The number of hydrogen-bond acceptors (Lipinski definition) is 2. The third-order valence-electron chi connectivity index (χ3n) is 1.61. The van der Waals surface area contributed by atoms with Crippen LogP contribution in [0.4, 0.5) is 4.39 Å². The molecular weight excluding hydrogens is 147 g/mol. The molecule has 0 aromatic heterocycles. The first kappa shape index (κ1) is 8.26. The van der Waals surface area contributed by atoms with E-state index in [4.69, 9.17) is 11.5 Å². The first-order chi connectivity index (χ1) is 5.18. The lowest BCUT2D eigenvalue weighted by atomic mass is 10.1. The van der Waals surface area contributed by atoms with E-state index in [0.717, 1.165) is 0 Å². The van der Waals surface area contributed by atoms with E-state index < -0.39 is 6.17 Å². The fourth-order valence-electron chi connectivity index (χ4n) is 1.18. The second-order valence-electron chi connectivity index (χ2n) is 2.70. The van der Waals surface area contributed by atoms with Crippen molar-refractivity contribution in [2.24, 2.45) is 16.5 Å². The standard InChI is InChI=1S/C6H13FN4/c7-4-1-5(3-10-2-4)11-6(8)9/h4-5,10H,1-3H2,(H4,8,9,11). The van der Waals surface area contributed by atoms with Crippen LogP contribution in [0.15, 0.2) is 4.99 Å². The van der Waals surface area contributed by atoms with Crippen LogP contribution in [-0.4, -0.2) is 31.3 Å². The lowest BCUT2D eigenvalue weighted by molar-refractivity contribution is 0.249. The van der Waals surface area contributed by atoms with Crippen molar-refractivity contribution in [3.8, 4) is 0 Å². The third-order valence-corrected chi connectivity index (χ3v) is 1.61. The van der Waals surface area contributed by atoms with Crippen LogP contribution in [0.2, 0.25) is 0 Å². The zero-order valence-corrected chi connectivity index (χ0v) is 6.26. The van der Waals surface area contributed by atoms with E-state index in [-0.39, 0.29) is 12.0 Å². The zero-order valence-electron chi connectivity index (χ0n) is 6.26. The van der Waals surface area contributed by atoms with Crippen molar-refractivity contribution in [2.45, 2.75) is 18.6 Å². The van der Waals surface area contributed by atoms with E-state index in [9.17, 15) is 4.39 Å². The number of alkyl halides is 1. The van der Waals surface area contributed by atoms with E-state index in [1.165, 1.54) is 0 Å². The molecule has 0 aromatic carbocycles. The van der Waals surface area contributed by atoms with E-state index >= 15 is 0 Å². The molecule has 1 rings (SSSR count). The Balaban J connectivity index is 2.40. The molecule has 5 heteroatoms. The summed E-state index contributed by atoms with van der Waals surface area (Å²) >= 11 is 0. The van der Waals surface area contributed by atoms with Gasteiger partial charge in [-0.05, 0) is 0 Å². The highest BCUT2D eigenvalue weighted by atomic mass is 19.1. The molecule has 5 N–H and O–H groups in total. The first-order valence-electron chi connectivity index (χ1n) is 3.62. The maximum atomic E-state index is 12.7. The van der Waals surface area contributed by atoms with Crippen molar-refractivity contribution in [2.75, 3.05) is 13.1 Å². The number of nitrogens with two attached hydrogens (primary N) is 2. The number of halogens is 1. The second kappa shape index (κ2) is 3.52. The molecule has 0 radical (unpaired) electrons. The van der Waals surface area contributed by atoms with Gasteiger partial charge in [0.05, 0.1) is 6.04 Å². The van der Waals surface area contributed by atoms with Crippen LogP contribution >= 0.6 is 0 Å². The van der Waals surface area contributed by atoms with E-state index in [2.05, 4.69) is 10.3 Å². The molecule has 64 valence electrons. The van der Waals surface area contributed by atoms with Crippen LogP contribution < -0.4 is 16.8 Å². The van der Waals surface area contributed by atoms with Gasteiger partial charge in [-0.2, -0.15) is 0 Å². The molecule has 0 spiro atoms. The Morgan fingerprint density at radius 1 is 1.45 bits per heavy atom. The Kier molecular flexibility index (Phi) is 2.64. The minimum absolute atomic E-state index is 0.0332. The molecule has 1 aliphatic rings. The molecule has 4 nitrogen and oxygen atoms in total. The summed E-state index contributed by atoms with van der Waals surface area (Å²) in [7, 11) is 0. The van der Waals surface area contributed by atoms with Crippen molar-refractivity contribution >= 4 is 5.96 Å².